The van der Waals surface area contributed by atoms with Gasteiger partial charge in [-0.3, -0.25) is 38.4 Å². The van der Waals surface area contributed by atoms with Crippen LogP contribution in [-0.2, 0) is 38.4 Å². The Morgan fingerprint density at radius 1 is 0.750 bits per heavy atom. The van der Waals surface area contributed by atoms with Crippen molar-refractivity contribution in [2.75, 3.05) is 6.67 Å². The molecular weight excluding hydrogens is 491 g/mol. The molecule has 8 N–H and O–H groups in total. The molecule has 0 aromatic rings. The molecule has 0 saturated heterocycles. The van der Waals surface area contributed by atoms with Crippen LogP contribution in [0.25, 0.3) is 0 Å². The molecule has 16 heteroatoms. The number of alkyl halides is 1. The topological polar surface area (TPSA) is 259 Å². The predicted octanol–water partition coefficient (Wildman–Crippen LogP) is -2.65. The van der Waals surface area contributed by atoms with Crippen LogP contribution in [-0.4, -0.2) is 93.4 Å². The summed E-state index contributed by atoms with van der Waals surface area (Å²) in [7, 11) is 0. The molecule has 0 bridgehead atoms. The Balaban J connectivity index is 5.71. The highest BCUT2D eigenvalue weighted by molar-refractivity contribution is 6.40. The summed E-state index contributed by atoms with van der Waals surface area (Å²) in [5.74, 6) is -11.4. The number of nitrogens with one attached hydrogen (secondary N) is 3. The number of ketones is 2. The SMILES string of the molecule is CC(C)[C@H](NC(=O)[C@H](CCC(=O)O)NC(=O)[C@@H](N)CC(=O)O)C(=O)N[C@@H](CC(=O)O)C(=O)C(=O)CF. The van der Waals surface area contributed by atoms with E-state index in [0.29, 0.717) is 0 Å². The predicted molar refractivity (Wildman–Crippen MR) is 116 cm³/mol. The van der Waals surface area contributed by atoms with Crippen LogP contribution in [0.15, 0.2) is 0 Å². The van der Waals surface area contributed by atoms with E-state index in [1.54, 1.807) is 0 Å². The van der Waals surface area contributed by atoms with Gasteiger partial charge in [-0.25, -0.2) is 4.39 Å². The van der Waals surface area contributed by atoms with E-state index in [0.717, 1.165) is 0 Å². The minimum atomic E-state index is -1.92. The Hall–Kier alpha value is -3.95. The first kappa shape index (κ1) is 32.0. The van der Waals surface area contributed by atoms with Crippen LogP contribution in [0.3, 0.4) is 0 Å². The van der Waals surface area contributed by atoms with Crippen molar-refractivity contribution in [2.45, 2.75) is 63.7 Å². The molecule has 0 rings (SSSR count). The molecule has 3 amide bonds. The summed E-state index contributed by atoms with van der Waals surface area (Å²) in [4.78, 5) is 93.7. The van der Waals surface area contributed by atoms with Crippen molar-refractivity contribution in [1.82, 2.24) is 16.0 Å². The number of amides is 3. The maximum absolute atomic E-state index is 12.8. The number of carbonyl (C=O) groups is 8. The third-order valence-corrected chi connectivity index (χ3v) is 4.67. The van der Waals surface area contributed by atoms with Gasteiger partial charge in [0.2, 0.25) is 29.3 Å². The van der Waals surface area contributed by atoms with E-state index < -0.39 is 110 Å². The van der Waals surface area contributed by atoms with Crippen LogP contribution in [0.1, 0.15) is 39.5 Å². The van der Waals surface area contributed by atoms with E-state index in [9.17, 15) is 42.7 Å². The zero-order valence-corrected chi connectivity index (χ0v) is 19.5. The normalized spacial score (nSPS) is 14.0. The number of hydrogen-bond acceptors (Lipinski definition) is 9. The first-order chi connectivity index (χ1) is 16.6. The second kappa shape index (κ2) is 15.1. The standard InChI is InChI=1S/C20H29FN4O11/c1-8(2)16(20(36)24-11(6-15(31)32)17(33)12(26)7-21)25-19(35)10(3-4-13(27)28)23-18(34)9(22)5-14(29)30/h8-11,16H,3-7,22H2,1-2H3,(H,23,34)(H,24,36)(H,25,35)(H,27,28)(H,29,30)(H,31,32)/t9-,10-,11-,16-/m0/s1. The van der Waals surface area contributed by atoms with Crippen LogP contribution >= 0.6 is 0 Å². The van der Waals surface area contributed by atoms with Gasteiger partial charge in [-0.1, -0.05) is 13.8 Å². The fraction of sp³-hybridized carbons (Fsp3) is 0.600. The highest BCUT2D eigenvalue weighted by Crippen LogP contribution is 2.07. The number of halogens is 1. The molecule has 0 heterocycles. The zero-order chi connectivity index (χ0) is 28.2. The second-order valence-corrected chi connectivity index (χ2v) is 8.01. The van der Waals surface area contributed by atoms with Crippen LogP contribution < -0.4 is 21.7 Å². The van der Waals surface area contributed by atoms with Gasteiger partial charge in [-0.15, -0.1) is 0 Å². The number of carboxylic acid groups (broad SMARTS) is 3. The Bertz CT molecular complexity index is 893. The van der Waals surface area contributed by atoms with Crippen molar-refractivity contribution in [2.24, 2.45) is 11.7 Å². The van der Waals surface area contributed by atoms with Crippen LogP contribution in [0.2, 0.25) is 0 Å². The van der Waals surface area contributed by atoms with Crippen molar-refractivity contribution >= 4 is 47.2 Å². The Morgan fingerprint density at radius 3 is 1.72 bits per heavy atom. The summed E-state index contributed by atoms with van der Waals surface area (Å²) in [5.41, 5.74) is 5.44. The monoisotopic (exact) mass is 520 g/mol. The zero-order valence-electron chi connectivity index (χ0n) is 19.5. The average molecular weight is 520 g/mol. The summed E-state index contributed by atoms with van der Waals surface area (Å²) in [6.07, 6.45) is -2.91. The van der Waals surface area contributed by atoms with Crippen molar-refractivity contribution in [3.05, 3.63) is 0 Å². The molecule has 0 aliphatic rings. The molecule has 0 aromatic heterocycles. The quantitative estimate of drug-likeness (QED) is 0.0970. The Morgan fingerprint density at radius 2 is 1.28 bits per heavy atom. The largest absolute Gasteiger partial charge is 0.481 e. The van der Waals surface area contributed by atoms with E-state index in [2.05, 4.69) is 10.6 Å². The number of carbonyl (C=O) groups excluding carboxylic acids is 5. The van der Waals surface area contributed by atoms with Gasteiger partial charge in [0, 0.05) is 6.42 Å². The van der Waals surface area contributed by atoms with Crippen molar-refractivity contribution < 1.29 is 58.1 Å². The van der Waals surface area contributed by atoms with Gasteiger partial charge >= 0.3 is 17.9 Å². The van der Waals surface area contributed by atoms with Crippen molar-refractivity contribution in [3.63, 3.8) is 0 Å². The van der Waals surface area contributed by atoms with Gasteiger partial charge in [0.05, 0.1) is 18.9 Å². The minimum Gasteiger partial charge on any atom is -0.481 e. The Labute approximate surface area is 204 Å². The van der Waals surface area contributed by atoms with E-state index in [1.165, 1.54) is 13.8 Å². The molecule has 0 aromatic carbocycles. The smallest absolute Gasteiger partial charge is 0.305 e. The number of aliphatic carboxylic acids is 3. The molecule has 0 aliphatic carbocycles. The van der Waals surface area contributed by atoms with Crippen LogP contribution in [0.5, 0.6) is 0 Å². The fourth-order valence-electron chi connectivity index (χ4n) is 2.79. The maximum atomic E-state index is 12.8. The second-order valence-electron chi connectivity index (χ2n) is 8.01. The lowest BCUT2D eigenvalue weighted by Crippen LogP contribution is -2.59. The van der Waals surface area contributed by atoms with E-state index >= 15 is 0 Å². The summed E-state index contributed by atoms with van der Waals surface area (Å²) in [6, 6.07) is -6.53. The lowest BCUT2D eigenvalue weighted by atomic mass is 10.00. The number of nitrogens with two attached hydrogens (primary N) is 1. The Kier molecular flexibility index (Phi) is 13.5. The highest BCUT2D eigenvalue weighted by atomic mass is 19.1. The van der Waals surface area contributed by atoms with Crippen LogP contribution in [0.4, 0.5) is 4.39 Å². The van der Waals surface area contributed by atoms with Gasteiger partial charge in [0.15, 0.2) is 6.67 Å². The lowest BCUT2D eigenvalue weighted by Gasteiger charge is -2.27. The van der Waals surface area contributed by atoms with Crippen LogP contribution in [0, 0.1) is 5.92 Å². The molecular formula is C20H29FN4O11. The third kappa shape index (κ3) is 11.5. The molecule has 0 fully saturated rings. The molecule has 36 heavy (non-hydrogen) atoms. The minimum absolute atomic E-state index is 0.468. The highest BCUT2D eigenvalue weighted by Gasteiger charge is 2.34. The summed E-state index contributed by atoms with van der Waals surface area (Å²) in [5, 5.41) is 32.9. The molecule has 0 radical (unpaired) electrons. The average Bonchev–Trinajstić information content (AvgIpc) is 2.76. The number of carboxylic acids is 3. The molecule has 0 saturated carbocycles. The third-order valence-electron chi connectivity index (χ3n) is 4.67. The summed E-state index contributed by atoms with van der Waals surface area (Å²) in [6.45, 7) is 1.17. The molecule has 15 nitrogen and oxygen atoms in total. The van der Waals surface area contributed by atoms with E-state index in [4.69, 9.17) is 21.1 Å². The lowest BCUT2D eigenvalue weighted by molar-refractivity contribution is -0.144. The van der Waals surface area contributed by atoms with Gasteiger partial charge in [-0.2, -0.15) is 0 Å². The van der Waals surface area contributed by atoms with E-state index in [1.807, 2.05) is 5.32 Å². The van der Waals surface area contributed by atoms with Crippen molar-refractivity contribution in [3.8, 4) is 0 Å². The molecule has 202 valence electrons. The first-order valence-electron chi connectivity index (χ1n) is 10.6. The van der Waals surface area contributed by atoms with Gasteiger partial charge in [-0.05, 0) is 12.3 Å². The van der Waals surface area contributed by atoms with Gasteiger partial charge in [0.1, 0.15) is 18.1 Å². The molecule has 0 unspecified atom stereocenters. The molecule has 4 atom stereocenters. The molecule has 0 spiro atoms. The molecule has 0 aliphatic heterocycles. The first-order valence-corrected chi connectivity index (χ1v) is 10.6. The van der Waals surface area contributed by atoms with Crippen molar-refractivity contribution in [1.29, 1.82) is 0 Å². The van der Waals surface area contributed by atoms with Gasteiger partial charge in [0.25, 0.3) is 0 Å². The number of Topliss-reactive ketones (excluding diaryl/α,β-unsaturated/α-hetero) is 2. The maximum Gasteiger partial charge on any atom is 0.305 e. The summed E-state index contributed by atoms with van der Waals surface area (Å²) >= 11 is 0. The van der Waals surface area contributed by atoms with E-state index in [-0.39, 0.29) is 0 Å². The number of hydrogen-bond donors (Lipinski definition) is 7. The number of rotatable bonds is 17. The fourth-order valence-corrected chi connectivity index (χ4v) is 2.79. The summed E-state index contributed by atoms with van der Waals surface area (Å²) < 4.78 is 12.6. The van der Waals surface area contributed by atoms with Gasteiger partial charge < -0.3 is 37.0 Å².